The smallest absolute Gasteiger partial charge is 0.334 e. The Morgan fingerprint density at radius 2 is 2.13 bits per heavy atom. The highest BCUT2D eigenvalue weighted by atomic mass is 16.5. The molecule has 1 aromatic carbocycles. The fourth-order valence-electron chi connectivity index (χ4n) is 2.42. The van der Waals surface area contributed by atoms with Crippen LogP contribution in [0.15, 0.2) is 28.8 Å². The van der Waals surface area contributed by atoms with Gasteiger partial charge in [-0.15, -0.1) is 0 Å². The van der Waals surface area contributed by atoms with Crippen molar-refractivity contribution in [3.05, 3.63) is 35.7 Å². The van der Waals surface area contributed by atoms with Gasteiger partial charge in [0.1, 0.15) is 0 Å². The molecule has 0 aliphatic carbocycles. The number of carboxylic acids is 1. The third-order valence-electron chi connectivity index (χ3n) is 3.54. The van der Waals surface area contributed by atoms with E-state index in [2.05, 4.69) is 10.1 Å². The molecule has 1 saturated heterocycles. The Morgan fingerprint density at radius 1 is 1.35 bits per heavy atom. The molecule has 1 N–H and O–H groups in total. The molecule has 120 valence electrons. The van der Waals surface area contributed by atoms with E-state index in [-0.39, 0.29) is 24.9 Å². The summed E-state index contributed by atoms with van der Waals surface area (Å²) in [4.78, 5) is 29.4. The van der Waals surface area contributed by atoms with Gasteiger partial charge in [-0.05, 0) is 19.1 Å². The minimum absolute atomic E-state index is 0.00532. The SMILES string of the molecule is Cc1noc(-c2ccccc2C(=O)N2CCOC(C(=O)O)C2)n1. The Morgan fingerprint density at radius 3 is 2.83 bits per heavy atom. The molecule has 1 aliphatic rings. The maximum atomic E-state index is 12.8. The summed E-state index contributed by atoms with van der Waals surface area (Å²) in [6.45, 7) is 2.21. The number of hydrogen-bond acceptors (Lipinski definition) is 6. The van der Waals surface area contributed by atoms with Gasteiger partial charge in [0.2, 0.25) is 0 Å². The number of nitrogens with zero attached hydrogens (tertiary/aromatic N) is 3. The number of morpholine rings is 1. The number of aromatic nitrogens is 2. The molecule has 2 heterocycles. The monoisotopic (exact) mass is 317 g/mol. The second kappa shape index (κ2) is 6.17. The highest BCUT2D eigenvalue weighted by Gasteiger charge is 2.30. The van der Waals surface area contributed by atoms with Crippen molar-refractivity contribution in [1.82, 2.24) is 15.0 Å². The van der Waals surface area contributed by atoms with Gasteiger partial charge in [0.05, 0.1) is 24.3 Å². The molecular formula is C15H15N3O5. The molecule has 0 radical (unpaired) electrons. The first-order valence-corrected chi connectivity index (χ1v) is 7.09. The topological polar surface area (TPSA) is 106 Å². The average molecular weight is 317 g/mol. The maximum absolute atomic E-state index is 12.8. The van der Waals surface area contributed by atoms with Gasteiger partial charge in [-0.1, -0.05) is 17.3 Å². The Hall–Kier alpha value is -2.74. The molecule has 1 aromatic heterocycles. The fraction of sp³-hybridized carbons (Fsp3) is 0.333. The molecule has 0 bridgehead atoms. The number of carbonyl (C=O) groups is 2. The van der Waals surface area contributed by atoms with E-state index in [0.717, 1.165) is 0 Å². The lowest BCUT2D eigenvalue weighted by Crippen LogP contribution is -2.48. The predicted molar refractivity (Wildman–Crippen MR) is 77.8 cm³/mol. The van der Waals surface area contributed by atoms with E-state index in [1.54, 1.807) is 31.2 Å². The number of aryl methyl sites for hydroxylation is 1. The normalized spacial score (nSPS) is 18.0. The van der Waals surface area contributed by atoms with Crippen molar-refractivity contribution in [3.8, 4) is 11.5 Å². The van der Waals surface area contributed by atoms with Gasteiger partial charge in [-0.25, -0.2) is 4.79 Å². The molecule has 23 heavy (non-hydrogen) atoms. The van der Waals surface area contributed by atoms with Crippen LogP contribution in [0, 0.1) is 6.92 Å². The number of carbonyl (C=O) groups excluding carboxylic acids is 1. The maximum Gasteiger partial charge on any atom is 0.334 e. The van der Waals surface area contributed by atoms with Gasteiger partial charge in [-0.3, -0.25) is 4.79 Å². The molecule has 3 rings (SSSR count). The minimum atomic E-state index is -1.08. The molecule has 8 heteroatoms. The first kappa shape index (κ1) is 15.2. The van der Waals surface area contributed by atoms with E-state index in [0.29, 0.717) is 23.5 Å². The van der Waals surface area contributed by atoms with Gasteiger partial charge in [0.25, 0.3) is 11.8 Å². The molecule has 0 saturated carbocycles. The molecule has 1 aliphatic heterocycles. The van der Waals surface area contributed by atoms with Gasteiger partial charge in [0, 0.05) is 6.54 Å². The number of benzene rings is 1. The molecular weight excluding hydrogens is 302 g/mol. The van der Waals surface area contributed by atoms with Crippen molar-refractivity contribution in [3.63, 3.8) is 0 Å². The Bertz CT molecular complexity index is 742. The summed E-state index contributed by atoms with van der Waals surface area (Å²) >= 11 is 0. The summed E-state index contributed by atoms with van der Waals surface area (Å²) < 4.78 is 10.3. The van der Waals surface area contributed by atoms with Crippen LogP contribution in [0.4, 0.5) is 0 Å². The summed E-state index contributed by atoms with van der Waals surface area (Å²) in [6, 6.07) is 6.87. The molecule has 1 atom stereocenters. The zero-order chi connectivity index (χ0) is 16.4. The quantitative estimate of drug-likeness (QED) is 0.899. The van der Waals surface area contributed by atoms with Gasteiger partial charge >= 0.3 is 5.97 Å². The van der Waals surface area contributed by atoms with Crippen LogP contribution >= 0.6 is 0 Å². The highest BCUT2D eigenvalue weighted by Crippen LogP contribution is 2.24. The van der Waals surface area contributed by atoms with Crippen LogP contribution in [0.5, 0.6) is 0 Å². The molecule has 1 amide bonds. The number of aliphatic carboxylic acids is 1. The summed E-state index contributed by atoms with van der Waals surface area (Å²) in [5, 5.41) is 12.8. The van der Waals surface area contributed by atoms with Crippen molar-refractivity contribution in [2.45, 2.75) is 13.0 Å². The van der Waals surface area contributed by atoms with Gasteiger partial charge in [0.15, 0.2) is 11.9 Å². The Labute approximate surface area is 131 Å². The largest absolute Gasteiger partial charge is 0.479 e. The number of rotatable bonds is 3. The van der Waals surface area contributed by atoms with Crippen LogP contribution in [0.25, 0.3) is 11.5 Å². The predicted octanol–water partition coefficient (Wildman–Crippen LogP) is 0.971. The van der Waals surface area contributed by atoms with Gasteiger partial charge < -0.3 is 19.3 Å². The number of carboxylic acid groups (broad SMARTS) is 1. The lowest BCUT2D eigenvalue weighted by Gasteiger charge is -2.31. The van der Waals surface area contributed by atoms with Crippen LogP contribution in [-0.2, 0) is 9.53 Å². The average Bonchev–Trinajstić information content (AvgIpc) is 3.00. The summed E-state index contributed by atoms with van der Waals surface area (Å²) in [5.74, 6) is -0.636. The second-order valence-electron chi connectivity index (χ2n) is 5.14. The van der Waals surface area contributed by atoms with E-state index < -0.39 is 12.1 Å². The molecule has 1 fully saturated rings. The first-order valence-electron chi connectivity index (χ1n) is 7.09. The van der Waals surface area contributed by atoms with Gasteiger partial charge in [-0.2, -0.15) is 4.98 Å². The molecule has 2 aromatic rings. The minimum Gasteiger partial charge on any atom is -0.479 e. The number of ether oxygens (including phenoxy) is 1. The van der Waals surface area contributed by atoms with E-state index in [4.69, 9.17) is 14.4 Å². The number of amides is 1. The van der Waals surface area contributed by atoms with Crippen molar-refractivity contribution >= 4 is 11.9 Å². The zero-order valence-electron chi connectivity index (χ0n) is 12.4. The Kier molecular flexibility index (Phi) is 4.07. The van der Waals surface area contributed by atoms with Crippen LogP contribution < -0.4 is 0 Å². The van der Waals surface area contributed by atoms with Crippen molar-refractivity contribution in [2.24, 2.45) is 0 Å². The first-order chi connectivity index (χ1) is 11.1. The van der Waals surface area contributed by atoms with Crippen LogP contribution in [0.2, 0.25) is 0 Å². The standard InChI is InChI=1S/C15H15N3O5/c1-9-16-13(23-17-9)10-4-2-3-5-11(10)14(19)18-6-7-22-12(8-18)15(20)21/h2-5,12H,6-8H2,1H3,(H,20,21). The Balaban J connectivity index is 1.89. The second-order valence-corrected chi connectivity index (χ2v) is 5.14. The fourth-order valence-corrected chi connectivity index (χ4v) is 2.42. The summed E-state index contributed by atoms with van der Waals surface area (Å²) in [6.07, 6.45) is -1.01. The number of hydrogen-bond donors (Lipinski definition) is 1. The lowest BCUT2D eigenvalue weighted by molar-refractivity contribution is -0.154. The van der Waals surface area contributed by atoms with Crippen LogP contribution in [-0.4, -0.2) is 57.8 Å². The molecule has 1 unspecified atom stereocenters. The molecule has 0 spiro atoms. The highest BCUT2D eigenvalue weighted by molar-refractivity contribution is 6.00. The van der Waals surface area contributed by atoms with E-state index in [1.807, 2.05) is 0 Å². The zero-order valence-corrected chi connectivity index (χ0v) is 12.4. The third-order valence-corrected chi connectivity index (χ3v) is 3.54. The lowest BCUT2D eigenvalue weighted by atomic mass is 10.1. The molecule has 8 nitrogen and oxygen atoms in total. The van der Waals surface area contributed by atoms with Crippen LogP contribution in [0.3, 0.4) is 0 Å². The van der Waals surface area contributed by atoms with Crippen LogP contribution in [0.1, 0.15) is 16.2 Å². The van der Waals surface area contributed by atoms with E-state index in [9.17, 15) is 9.59 Å². The van der Waals surface area contributed by atoms with E-state index >= 15 is 0 Å². The van der Waals surface area contributed by atoms with Crippen molar-refractivity contribution in [2.75, 3.05) is 19.7 Å². The summed E-state index contributed by atoms with van der Waals surface area (Å²) in [7, 11) is 0. The van der Waals surface area contributed by atoms with Crippen molar-refractivity contribution < 1.29 is 24.0 Å². The summed E-state index contributed by atoms with van der Waals surface area (Å²) in [5.41, 5.74) is 0.915. The van der Waals surface area contributed by atoms with Crippen molar-refractivity contribution in [1.29, 1.82) is 0 Å². The van der Waals surface area contributed by atoms with E-state index in [1.165, 1.54) is 4.90 Å². The third kappa shape index (κ3) is 3.07.